The van der Waals surface area contributed by atoms with Gasteiger partial charge in [-0.2, -0.15) is 4.98 Å². The zero-order chi connectivity index (χ0) is 12.9. The van der Waals surface area contributed by atoms with Crippen molar-refractivity contribution in [2.75, 3.05) is 37.7 Å². The van der Waals surface area contributed by atoms with E-state index in [4.69, 9.17) is 4.74 Å². The Bertz CT molecular complexity index is 380. The summed E-state index contributed by atoms with van der Waals surface area (Å²) in [4.78, 5) is 6.87. The van der Waals surface area contributed by atoms with E-state index in [1.807, 2.05) is 0 Å². The topological polar surface area (TPSA) is 66.1 Å². The van der Waals surface area contributed by atoms with Gasteiger partial charge in [-0.1, -0.05) is 0 Å². The number of aryl methyl sites for hydroxylation is 1. The van der Waals surface area contributed by atoms with Gasteiger partial charge in [0, 0.05) is 32.7 Å². The van der Waals surface area contributed by atoms with Crippen LogP contribution >= 0.6 is 0 Å². The summed E-state index contributed by atoms with van der Waals surface area (Å²) in [6, 6.07) is 0. The highest BCUT2D eigenvalue weighted by Gasteiger charge is 2.17. The number of anilines is 1. The largest absolute Gasteiger partial charge is 0.378 e. The molecule has 2 N–H and O–H groups in total. The van der Waals surface area contributed by atoms with E-state index < -0.39 is 0 Å². The van der Waals surface area contributed by atoms with Crippen LogP contribution < -0.4 is 10.2 Å². The van der Waals surface area contributed by atoms with Crippen LogP contribution in [0.1, 0.15) is 31.5 Å². The van der Waals surface area contributed by atoms with Crippen molar-refractivity contribution in [3.05, 3.63) is 5.82 Å². The summed E-state index contributed by atoms with van der Waals surface area (Å²) in [5.74, 6) is 1.84. The molecule has 6 heteroatoms. The van der Waals surface area contributed by atoms with Gasteiger partial charge >= 0.3 is 0 Å². The molecule has 2 fully saturated rings. The molecule has 3 rings (SSSR count). The maximum atomic E-state index is 5.63. The molecule has 0 radical (unpaired) electrons. The molecule has 0 aliphatic carbocycles. The number of rotatable bonds is 4. The molecule has 2 saturated heterocycles. The van der Waals surface area contributed by atoms with Gasteiger partial charge in [-0.25, -0.2) is 0 Å². The molecule has 106 valence electrons. The lowest BCUT2D eigenvalue weighted by molar-refractivity contribution is 0.104. The summed E-state index contributed by atoms with van der Waals surface area (Å²) in [5.41, 5.74) is 0. The minimum Gasteiger partial charge on any atom is -0.378 e. The minimum atomic E-state index is 0.427. The van der Waals surface area contributed by atoms with E-state index >= 15 is 0 Å². The van der Waals surface area contributed by atoms with Crippen molar-refractivity contribution in [2.45, 2.75) is 38.2 Å². The Morgan fingerprint density at radius 2 is 2.26 bits per heavy atom. The minimum absolute atomic E-state index is 0.427. The van der Waals surface area contributed by atoms with E-state index in [0.717, 1.165) is 63.8 Å². The van der Waals surface area contributed by atoms with Gasteiger partial charge in [-0.05, 0) is 32.2 Å². The summed E-state index contributed by atoms with van der Waals surface area (Å²) in [5, 5.41) is 10.8. The fourth-order valence-corrected chi connectivity index (χ4v) is 2.75. The third kappa shape index (κ3) is 3.45. The first-order valence-electron chi connectivity index (χ1n) is 7.40. The average Bonchev–Trinajstić information content (AvgIpc) is 3.03. The second-order valence-corrected chi connectivity index (χ2v) is 5.35. The number of nitrogens with zero attached hydrogens (tertiary/aromatic N) is 3. The molecule has 19 heavy (non-hydrogen) atoms. The lowest BCUT2D eigenvalue weighted by Crippen LogP contribution is -2.28. The molecule has 1 aromatic rings. The molecule has 0 spiro atoms. The van der Waals surface area contributed by atoms with Gasteiger partial charge in [-0.3, -0.25) is 5.10 Å². The Balaban J connectivity index is 1.52. The maximum absolute atomic E-state index is 5.63. The zero-order valence-corrected chi connectivity index (χ0v) is 11.4. The van der Waals surface area contributed by atoms with E-state index in [0.29, 0.717) is 6.10 Å². The monoisotopic (exact) mass is 265 g/mol. The second-order valence-electron chi connectivity index (χ2n) is 5.35. The number of ether oxygens (including phenoxy) is 1. The van der Waals surface area contributed by atoms with E-state index in [2.05, 4.69) is 25.4 Å². The highest BCUT2D eigenvalue weighted by Crippen LogP contribution is 2.17. The van der Waals surface area contributed by atoms with Crippen molar-refractivity contribution < 1.29 is 4.74 Å². The lowest BCUT2D eigenvalue weighted by atomic mass is 10.1. The first kappa shape index (κ1) is 12.9. The van der Waals surface area contributed by atoms with Gasteiger partial charge in [0.05, 0.1) is 6.10 Å². The van der Waals surface area contributed by atoms with Crippen LogP contribution in [-0.2, 0) is 11.2 Å². The number of aromatic amines is 1. The maximum Gasteiger partial charge on any atom is 0.244 e. The first-order chi connectivity index (χ1) is 9.42. The standard InChI is InChI=1S/C13H23N5O/c1-3-11(19-10-1)4-5-12-15-13(17-16-12)18-8-2-6-14-7-9-18/h11,14H,1-10H2,(H,15,16,17). The Labute approximate surface area is 113 Å². The van der Waals surface area contributed by atoms with Crippen molar-refractivity contribution >= 4 is 5.95 Å². The van der Waals surface area contributed by atoms with Gasteiger partial charge in [0.15, 0.2) is 0 Å². The molecular formula is C13H23N5O. The quantitative estimate of drug-likeness (QED) is 0.839. The molecule has 1 atom stereocenters. The van der Waals surface area contributed by atoms with Crippen LogP contribution in [-0.4, -0.2) is 54.1 Å². The van der Waals surface area contributed by atoms with E-state index in [9.17, 15) is 0 Å². The van der Waals surface area contributed by atoms with E-state index in [1.54, 1.807) is 0 Å². The van der Waals surface area contributed by atoms with Gasteiger partial charge in [0.25, 0.3) is 0 Å². The molecule has 0 saturated carbocycles. The number of H-pyrrole nitrogens is 1. The summed E-state index contributed by atoms with van der Waals surface area (Å²) < 4.78 is 5.63. The summed E-state index contributed by atoms with van der Waals surface area (Å²) >= 11 is 0. The predicted octanol–water partition coefficient (Wildman–Crippen LogP) is 0.716. The summed E-state index contributed by atoms with van der Waals surface area (Å²) in [6.07, 6.45) is 5.96. The Hall–Kier alpha value is -1.14. The van der Waals surface area contributed by atoms with Crippen LogP contribution in [0.15, 0.2) is 0 Å². The predicted molar refractivity (Wildman–Crippen MR) is 73.4 cm³/mol. The first-order valence-corrected chi connectivity index (χ1v) is 7.40. The fraction of sp³-hybridized carbons (Fsp3) is 0.846. The number of hydrogen-bond acceptors (Lipinski definition) is 5. The van der Waals surface area contributed by atoms with Crippen molar-refractivity contribution in [2.24, 2.45) is 0 Å². The number of aromatic nitrogens is 3. The molecule has 2 aliphatic rings. The second kappa shape index (κ2) is 6.34. The smallest absolute Gasteiger partial charge is 0.244 e. The summed E-state index contributed by atoms with van der Waals surface area (Å²) in [7, 11) is 0. The van der Waals surface area contributed by atoms with Gasteiger partial charge < -0.3 is 15.0 Å². The van der Waals surface area contributed by atoms with E-state index in [-0.39, 0.29) is 0 Å². The third-order valence-electron chi connectivity index (χ3n) is 3.87. The lowest BCUT2D eigenvalue weighted by Gasteiger charge is -2.16. The van der Waals surface area contributed by atoms with Gasteiger partial charge in [0.2, 0.25) is 5.95 Å². The Kier molecular flexibility index (Phi) is 4.30. The van der Waals surface area contributed by atoms with Crippen molar-refractivity contribution in [1.29, 1.82) is 0 Å². The van der Waals surface area contributed by atoms with Crippen LogP contribution in [0.3, 0.4) is 0 Å². The zero-order valence-electron chi connectivity index (χ0n) is 11.4. The number of nitrogens with one attached hydrogen (secondary N) is 2. The van der Waals surface area contributed by atoms with Gasteiger partial charge in [0.1, 0.15) is 5.82 Å². The van der Waals surface area contributed by atoms with Crippen molar-refractivity contribution in [3.8, 4) is 0 Å². The third-order valence-corrected chi connectivity index (χ3v) is 3.87. The van der Waals surface area contributed by atoms with Gasteiger partial charge in [-0.15, -0.1) is 5.10 Å². The van der Waals surface area contributed by atoms with Crippen LogP contribution in [0.25, 0.3) is 0 Å². The fourth-order valence-electron chi connectivity index (χ4n) is 2.75. The highest BCUT2D eigenvalue weighted by atomic mass is 16.5. The molecule has 0 aromatic carbocycles. The molecule has 1 unspecified atom stereocenters. The molecule has 0 bridgehead atoms. The molecular weight excluding hydrogens is 242 g/mol. The average molecular weight is 265 g/mol. The summed E-state index contributed by atoms with van der Waals surface area (Å²) in [6.45, 7) is 5.05. The van der Waals surface area contributed by atoms with Crippen LogP contribution in [0, 0.1) is 0 Å². The molecule has 6 nitrogen and oxygen atoms in total. The van der Waals surface area contributed by atoms with Crippen LogP contribution in [0.4, 0.5) is 5.95 Å². The SMILES string of the molecule is C1COC(CCc2nc(N3CCCNCC3)n[nH]2)C1. The normalized spacial score (nSPS) is 24.6. The van der Waals surface area contributed by atoms with Crippen molar-refractivity contribution in [3.63, 3.8) is 0 Å². The Morgan fingerprint density at radius 3 is 3.16 bits per heavy atom. The van der Waals surface area contributed by atoms with Crippen LogP contribution in [0.5, 0.6) is 0 Å². The van der Waals surface area contributed by atoms with E-state index in [1.165, 1.54) is 12.8 Å². The molecule has 2 aliphatic heterocycles. The highest BCUT2D eigenvalue weighted by molar-refractivity contribution is 5.28. The van der Waals surface area contributed by atoms with Crippen LogP contribution in [0.2, 0.25) is 0 Å². The molecule has 3 heterocycles. The van der Waals surface area contributed by atoms with Crippen molar-refractivity contribution in [1.82, 2.24) is 20.5 Å². The number of hydrogen-bond donors (Lipinski definition) is 2. The Morgan fingerprint density at radius 1 is 1.26 bits per heavy atom. The molecule has 1 aromatic heterocycles. The molecule has 0 amide bonds.